The highest BCUT2D eigenvalue weighted by atomic mass is 127. The van der Waals surface area contributed by atoms with Gasteiger partial charge in [0.05, 0.1) is 0 Å². The topological polar surface area (TPSA) is 39.7 Å². The molecule has 2 N–H and O–H groups in total. The van der Waals surface area contributed by atoms with E-state index in [2.05, 4.69) is 53.1 Å². The second kappa shape index (κ2) is 12.1. The van der Waals surface area contributed by atoms with Crippen molar-refractivity contribution in [2.75, 3.05) is 39.3 Å². The SMILES string of the molecule is CCNC(=NCC(C)c1ccsc1)NCC1CCCN(CC)C1.I. The van der Waals surface area contributed by atoms with E-state index >= 15 is 0 Å². The molecular weight excluding hydrogens is 431 g/mol. The number of guanidine groups is 1. The summed E-state index contributed by atoms with van der Waals surface area (Å²) in [6.45, 7) is 13.0. The van der Waals surface area contributed by atoms with Gasteiger partial charge in [0.15, 0.2) is 5.96 Å². The van der Waals surface area contributed by atoms with Crippen molar-refractivity contribution >= 4 is 41.3 Å². The molecule has 0 radical (unpaired) electrons. The highest BCUT2D eigenvalue weighted by Gasteiger charge is 2.18. The zero-order valence-electron chi connectivity index (χ0n) is 15.3. The summed E-state index contributed by atoms with van der Waals surface area (Å²) < 4.78 is 0. The van der Waals surface area contributed by atoms with Crippen LogP contribution in [0.15, 0.2) is 21.8 Å². The Balaban J connectivity index is 0.00000288. The third kappa shape index (κ3) is 7.27. The number of nitrogens with one attached hydrogen (secondary N) is 2. The Kier molecular flexibility index (Phi) is 10.9. The minimum absolute atomic E-state index is 0. The molecule has 0 saturated carbocycles. The molecule has 24 heavy (non-hydrogen) atoms. The van der Waals surface area contributed by atoms with E-state index in [0.29, 0.717) is 5.92 Å². The molecule has 138 valence electrons. The van der Waals surface area contributed by atoms with Crippen LogP contribution in [0.3, 0.4) is 0 Å². The predicted octanol–water partition coefficient (Wildman–Crippen LogP) is 3.76. The first-order chi connectivity index (χ1) is 11.2. The molecule has 2 unspecified atom stereocenters. The quantitative estimate of drug-likeness (QED) is 0.367. The number of halogens is 1. The first-order valence-corrected chi connectivity index (χ1v) is 9.93. The molecule has 2 rings (SSSR count). The van der Waals surface area contributed by atoms with E-state index in [1.165, 1.54) is 38.0 Å². The van der Waals surface area contributed by atoms with Gasteiger partial charge in [0.1, 0.15) is 0 Å². The Hall–Kier alpha value is -0.340. The van der Waals surface area contributed by atoms with Crippen molar-refractivity contribution in [3.63, 3.8) is 0 Å². The number of rotatable bonds is 7. The molecule has 0 bridgehead atoms. The van der Waals surface area contributed by atoms with Crippen LogP contribution >= 0.6 is 35.3 Å². The summed E-state index contributed by atoms with van der Waals surface area (Å²) in [6.07, 6.45) is 2.65. The Bertz CT molecular complexity index is 464. The highest BCUT2D eigenvalue weighted by Crippen LogP contribution is 2.18. The first kappa shape index (κ1) is 21.7. The average Bonchev–Trinajstić information content (AvgIpc) is 3.12. The van der Waals surface area contributed by atoms with Gasteiger partial charge in [0.25, 0.3) is 0 Å². The number of hydrogen-bond donors (Lipinski definition) is 2. The van der Waals surface area contributed by atoms with Crippen LogP contribution in [-0.4, -0.2) is 50.1 Å². The van der Waals surface area contributed by atoms with Crippen molar-refractivity contribution in [1.29, 1.82) is 0 Å². The summed E-state index contributed by atoms with van der Waals surface area (Å²) in [5.74, 6) is 2.17. The van der Waals surface area contributed by atoms with Gasteiger partial charge in [0, 0.05) is 32.1 Å². The van der Waals surface area contributed by atoms with Gasteiger partial charge in [-0.2, -0.15) is 11.3 Å². The lowest BCUT2D eigenvalue weighted by Crippen LogP contribution is -2.44. The van der Waals surface area contributed by atoms with E-state index < -0.39 is 0 Å². The van der Waals surface area contributed by atoms with E-state index in [9.17, 15) is 0 Å². The lowest BCUT2D eigenvalue weighted by atomic mass is 9.98. The monoisotopic (exact) mass is 464 g/mol. The largest absolute Gasteiger partial charge is 0.357 e. The average molecular weight is 464 g/mol. The van der Waals surface area contributed by atoms with Crippen LogP contribution in [0.2, 0.25) is 0 Å². The maximum atomic E-state index is 4.78. The molecule has 0 aliphatic carbocycles. The molecule has 6 heteroatoms. The lowest BCUT2D eigenvalue weighted by Gasteiger charge is -2.32. The van der Waals surface area contributed by atoms with Crippen molar-refractivity contribution in [2.45, 2.75) is 39.5 Å². The molecular formula is C18H33IN4S. The third-order valence-electron chi connectivity index (χ3n) is 4.59. The van der Waals surface area contributed by atoms with Gasteiger partial charge < -0.3 is 15.5 Å². The number of thiophene rings is 1. The normalized spacial score (nSPS) is 20.3. The van der Waals surface area contributed by atoms with Crippen molar-refractivity contribution in [2.24, 2.45) is 10.9 Å². The van der Waals surface area contributed by atoms with E-state index in [1.54, 1.807) is 11.3 Å². The van der Waals surface area contributed by atoms with Crippen LogP contribution in [0.4, 0.5) is 0 Å². The molecule has 0 aromatic carbocycles. The van der Waals surface area contributed by atoms with E-state index in [-0.39, 0.29) is 24.0 Å². The van der Waals surface area contributed by atoms with Crippen LogP contribution in [0.5, 0.6) is 0 Å². The zero-order valence-corrected chi connectivity index (χ0v) is 18.4. The zero-order chi connectivity index (χ0) is 16.5. The molecule has 0 spiro atoms. The van der Waals surface area contributed by atoms with Crippen LogP contribution in [-0.2, 0) is 0 Å². The summed E-state index contributed by atoms with van der Waals surface area (Å²) in [7, 11) is 0. The van der Waals surface area contributed by atoms with Crippen molar-refractivity contribution in [1.82, 2.24) is 15.5 Å². The Labute approximate surface area is 168 Å². The lowest BCUT2D eigenvalue weighted by molar-refractivity contribution is 0.183. The maximum Gasteiger partial charge on any atom is 0.191 e. The first-order valence-electron chi connectivity index (χ1n) is 8.99. The van der Waals surface area contributed by atoms with Gasteiger partial charge in [0.2, 0.25) is 0 Å². The summed E-state index contributed by atoms with van der Waals surface area (Å²) >= 11 is 1.76. The van der Waals surface area contributed by atoms with Crippen LogP contribution in [0, 0.1) is 5.92 Å². The van der Waals surface area contributed by atoms with E-state index in [1.807, 2.05) is 0 Å². The Morgan fingerprint density at radius 3 is 2.92 bits per heavy atom. The molecule has 1 aromatic rings. The third-order valence-corrected chi connectivity index (χ3v) is 5.29. The number of hydrogen-bond acceptors (Lipinski definition) is 3. The maximum absolute atomic E-state index is 4.78. The molecule has 1 fully saturated rings. The molecule has 1 saturated heterocycles. The fourth-order valence-electron chi connectivity index (χ4n) is 3.08. The summed E-state index contributed by atoms with van der Waals surface area (Å²) in [4.78, 5) is 7.33. The summed E-state index contributed by atoms with van der Waals surface area (Å²) in [6, 6.07) is 2.20. The van der Waals surface area contributed by atoms with E-state index in [4.69, 9.17) is 4.99 Å². The second-order valence-electron chi connectivity index (χ2n) is 6.46. The molecule has 2 heterocycles. The van der Waals surface area contributed by atoms with Crippen molar-refractivity contribution < 1.29 is 0 Å². The van der Waals surface area contributed by atoms with Crippen LogP contribution in [0.25, 0.3) is 0 Å². The summed E-state index contributed by atoms with van der Waals surface area (Å²) in [5.41, 5.74) is 1.39. The molecule has 1 aliphatic rings. The number of likely N-dealkylation sites (tertiary alicyclic amines) is 1. The number of aliphatic imine (C=N–C) groups is 1. The van der Waals surface area contributed by atoms with Crippen molar-refractivity contribution in [3.8, 4) is 0 Å². The van der Waals surface area contributed by atoms with Gasteiger partial charge >= 0.3 is 0 Å². The number of piperidine rings is 1. The minimum Gasteiger partial charge on any atom is -0.357 e. The second-order valence-corrected chi connectivity index (χ2v) is 7.24. The molecule has 2 atom stereocenters. The van der Waals surface area contributed by atoms with Gasteiger partial charge in [-0.1, -0.05) is 13.8 Å². The molecule has 1 aromatic heterocycles. The molecule has 0 amide bonds. The molecule has 1 aliphatic heterocycles. The predicted molar refractivity (Wildman–Crippen MR) is 117 cm³/mol. The van der Waals surface area contributed by atoms with Crippen LogP contribution in [0.1, 0.15) is 45.1 Å². The van der Waals surface area contributed by atoms with Crippen LogP contribution < -0.4 is 10.6 Å². The smallest absolute Gasteiger partial charge is 0.191 e. The fourth-order valence-corrected chi connectivity index (χ4v) is 3.86. The summed E-state index contributed by atoms with van der Waals surface area (Å²) in [5, 5.41) is 11.3. The van der Waals surface area contributed by atoms with Gasteiger partial charge in [-0.05, 0) is 61.2 Å². The minimum atomic E-state index is 0. The highest BCUT2D eigenvalue weighted by molar-refractivity contribution is 14.0. The number of nitrogens with zero attached hydrogens (tertiary/aromatic N) is 2. The van der Waals surface area contributed by atoms with Gasteiger partial charge in [-0.25, -0.2) is 0 Å². The standard InChI is InChI=1S/C18H32N4S.HI/c1-4-19-18(20-11-15(3)17-8-10-23-14-17)21-12-16-7-6-9-22(5-2)13-16;/h8,10,14-16H,4-7,9,11-13H2,1-3H3,(H2,19,20,21);1H. The van der Waals surface area contributed by atoms with E-state index in [0.717, 1.165) is 31.5 Å². The molecule has 4 nitrogen and oxygen atoms in total. The Morgan fingerprint density at radius 1 is 1.42 bits per heavy atom. The van der Waals surface area contributed by atoms with Gasteiger partial charge in [-0.15, -0.1) is 24.0 Å². The van der Waals surface area contributed by atoms with Gasteiger partial charge in [-0.3, -0.25) is 4.99 Å². The van der Waals surface area contributed by atoms with Crippen molar-refractivity contribution in [3.05, 3.63) is 22.4 Å². The fraction of sp³-hybridized carbons (Fsp3) is 0.722. The Morgan fingerprint density at radius 2 is 2.25 bits per heavy atom.